The maximum atomic E-state index is 13.7. The fourth-order valence-corrected chi connectivity index (χ4v) is 6.74. The Balaban J connectivity index is 1.18. The number of aromatic hydroxyl groups is 4. The number of aliphatic hydroxyl groups excluding tert-OH is 2. The van der Waals surface area contributed by atoms with Gasteiger partial charge in [-0.1, -0.05) is 30.3 Å². The van der Waals surface area contributed by atoms with E-state index >= 15 is 0 Å². The molecule has 18 nitrogen and oxygen atoms in total. The van der Waals surface area contributed by atoms with E-state index in [4.69, 9.17) is 23.7 Å². The molecule has 278 valence electrons. The topological polar surface area (TPSA) is 296 Å². The van der Waals surface area contributed by atoms with Gasteiger partial charge < -0.3 is 69.6 Å². The number of aryl methyl sites for hydroxylation is 1. The number of esters is 2. The van der Waals surface area contributed by atoms with Crippen LogP contribution in [0.2, 0.25) is 0 Å². The van der Waals surface area contributed by atoms with Gasteiger partial charge >= 0.3 is 17.7 Å². The Morgan fingerprint density at radius 2 is 1.57 bits per heavy atom. The fraction of sp³-hybridized carbons (Fsp3) is 0.314. The van der Waals surface area contributed by atoms with Gasteiger partial charge in [0, 0.05) is 24.1 Å². The zero-order valence-corrected chi connectivity index (χ0v) is 27.0. The van der Waals surface area contributed by atoms with Crippen LogP contribution in [0, 0.1) is 0 Å². The largest absolute Gasteiger partial charge is 0.507 e. The van der Waals surface area contributed by atoms with Crippen LogP contribution in [0.3, 0.4) is 0 Å². The maximum Gasteiger partial charge on any atom is 0.339 e. The fourth-order valence-electron chi connectivity index (χ4n) is 6.74. The van der Waals surface area contributed by atoms with Gasteiger partial charge in [0.1, 0.15) is 47.7 Å². The number of aliphatic hydroxyl groups is 5. The molecule has 0 unspecified atom stereocenters. The van der Waals surface area contributed by atoms with E-state index in [1.807, 2.05) is 6.07 Å². The van der Waals surface area contributed by atoms with Crippen molar-refractivity contribution < 1.29 is 88.8 Å². The summed E-state index contributed by atoms with van der Waals surface area (Å²) < 4.78 is 27.1. The van der Waals surface area contributed by atoms with E-state index < -0.39 is 129 Å². The maximum absolute atomic E-state index is 13.7. The van der Waals surface area contributed by atoms with Crippen molar-refractivity contribution in [2.75, 3.05) is 6.61 Å². The lowest BCUT2D eigenvalue weighted by Gasteiger charge is -2.49. The number of phenols is 4. The molecule has 0 radical (unpaired) electrons. The molecule has 3 aromatic carbocycles. The van der Waals surface area contributed by atoms with Gasteiger partial charge in [0.2, 0.25) is 17.8 Å². The van der Waals surface area contributed by atoms with Crippen LogP contribution in [-0.4, -0.2) is 118 Å². The molecule has 0 spiro atoms. The molecule has 3 heterocycles. The third-order valence-corrected chi connectivity index (χ3v) is 9.45. The number of carbonyl (C=O) groups excluding carboxylic acids is 4. The SMILES string of the molecule is O=C1OC[C@H]2O[C@@H](Oc3cc(O)c(C(=O)CCc4ccccc4)c(O)c3)[C@H](O)[C@@H](O)[C@@H]2OC(=O)c2cc(O)c(O)c3c2[C@@H]2C1=CC(=O)[C@@](O)(O3)C2(O)O. The Morgan fingerprint density at radius 1 is 0.887 bits per heavy atom. The summed E-state index contributed by atoms with van der Waals surface area (Å²) in [5.74, 6) is -19.5. The molecule has 0 saturated carbocycles. The molecule has 1 fully saturated rings. The molecule has 18 heteroatoms. The van der Waals surface area contributed by atoms with Gasteiger partial charge in [0.05, 0.1) is 17.1 Å². The van der Waals surface area contributed by atoms with E-state index in [9.17, 15) is 65.1 Å². The van der Waals surface area contributed by atoms with Gasteiger partial charge in [0.25, 0.3) is 5.79 Å². The second kappa shape index (κ2) is 12.7. The lowest BCUT2D eigenvalue weighted by atomic mass is 9.70. The quantitative estimate of drug-likeness (QED) is 0.0653. The van der Waals surface area contributed by atoms with Crippen molar-refractivity contribution in [1.29, 1.82) is 0 Å². The number of rotatable bonds is 6. The zero-order chi connectivity index (χ0) is 38.1. The van der Waals surface area contributed by atoms with Gasteiger partial charge in [-0.2, -0.15) is 0 Å². The number of fused-ring (bicyclic) bond motifs is 2. The van der Waals surface area contributed by atoms with Crippen molar-refractivity contribution in [2.45, 2.75) is 61.0 Å². The first kappa shape index (κ1) is 35.6. The zero-order valence-electron chi connectivity index (χ0n) is 27.0. The standard InChI is InChI=1S/C35H30O18/c36-17(7-6-13-4-2-1-3-5-13)24-18(37)8-14(9-19(24)38)50-33-28(43)27(42)29-21(51-33)12-49-31(44)16-11-22(40)35(48)34(46,47)25(16)23-15(32(45)52-29)10-20(39)26(41)30(23)53-35/h1-5,8-11,21,25,27-29,33,37-39,41-43,46-48H,6-7,12H2/t21-,25+,27-,28-,29-,33-,35-/m1/s1. The van der Waals surface area contributed by atoms with Crippen LogP contribution in [0.1, 0.15) is 44.2 Å². The number of cyclic esters (lactones) is 1. The third kappa shape index (κ3) is 5.68. The summed E-state index contributed by atoms with van der Waals surface area (Å²) in [6, 6.07) is 11.5. The monoisotopic (exact) mass is 738 g/mol. The normalized spacial score (nSPS) is 28.6. The Labute approximate surface area is 296 Å². The van der Waals surface area contributed by atoms with E-state index in [-0.39, 0.29) is 12.2 Å². The van der Waals surface area contributed by atoms with Crippen LogP contribution >= 0.6 is 0 Å². The van der Waals surface area contributed by atoms with Crippen molar-refractivity contribution in [2.24, 2.45) is 0 Å². The van der Waals surface area contributed by atoms with Crippen molar-refractivity contribution in [3.05, 3.63) is 82.4 Å². The van der Waals surface area contributed by atoms with Crippen LogP contribution in [0.4, 0.5) is 0 Å². The van der Waals surface area contributed by atoms with Gasteiger partial charge in [-0.15, -0.1) is 0 Å². The first-order chi connectivity index (χ1) is 25.0. The molecule has 7 atom stereocenters. The number of hydrogen-bond donors (Lipinski definition) is 9. The number of ether oxygens (including phenoxy) is 5. The molecule has 0 amide bonds. The van der Waals surface area contributed by atoms with Crippen molar-refractivity contribution in [1.82, 2.24) is 0 Å². The van der Waals surface area contributed by atoms with Crippen LogP contribution < -0.4 is 9.47 Å². The number of carbonyl (C=O) groups is 4. The lowest BCUT2D eigenvalue weighted by Crippen LogP contribution is -2.70. The Kier molecular flexibility index (Phi) is 8.56. The number of phenolic OH excluding ortho intramolecular Hbond substituents is 4. The minimum absolute atomic E-state index is 0.0631. The summed E-state index contributed by atoms with van der Waals surface area (Å²) in [5, 5.41) is 97.3. The molecule has 3 aromatic rings. The van der Waals surface area contributed by atoms with E-state index in [0.717, 1.165) is 17.7 Å². The molecule has 1 aliphatic carbocycles. The van der Waals surface area contributed by atoms with Crippen molar-refractivity contribution in [3.8, 4) is 34.5 Å². The highest BCUT2D eigenvalue weighted by atomic mass is 16.7. The van der Waals surface area contributed by atoms with Crippen molar-refractivity contribution >= 4 is 23.5 Å². The Bertz CT molecular complexity index is 2050. The first-order valence-corrected chi connectivity index (χ1v) is 15.9. The van der Waals surface area contributed by atoms with Crippen molar-refractivity contribution in [3.63, 3.8) is 0 Å². The minimum atomic E-state index is -3.68. The second-order valence-electron chi connectivity index (χ2n) is 12.8. The van der Waals surface area contributed by atoms with Gasteiger partial charge in [-0.25, -0.2) is 9.59 Å². The Morgan fingerprint density at radius 3 is 2.25 bits per heavy atom. The van der Waals surface area contributed by atoms with E-state index in [1.54, 1.807) is 24.3 Å². The molecule has 9 N–H and O–H groups in total. The summed E-state index contributed by atoms with van der Waals surface area (Å²) in [7, 11) is 0. The predicted octanol–water partition coefficient (Wildman–Crippen LogP) is -0.713. The van der Waals surface area contributed by atoms with Crippen LogP contribution in [-0.2, 0) is 30.2 Å². The average molecular weight is 739 g/mol. The summed E-state index contributed by atoms with van der Waals surface area (Å²) in [6.07, 6.45) is -8.91. The molecule has 53 heavy (non-hydrogen) atoms. The number of Topliss-reactive ketones (excluding diaryl/α,β-unsaturated/α-hetero) is 1. The summed E-state index contributed by atoms with van der Waals surface area (Å²) >= 11 is 0. The number of benzene rings is 3. The highest BCUT2D eigenvalue weighted by molar-refractivity contribution is 6.08. The summed E-state index contributed by atoms with van der Waals surface area (Å²) in [4.78, 5) is 52.9. The number of hydrogen-bond acceptors (Lipinski definition) is 18. The lowest BCUT2D eigenvalue weighted by molar-refractivity contribution is -0.339. The van der Waals surface area contributed by atoms with Crippen LogP contribution in [0.25, 0.3) is 0 Å². The molecular formula is C35H30O18. The first-order valence-electron chi connectivity index (χ1n) is 15.9. The van der Waals surface area contributed by atoms with E-state index in [1.165, 1.54) is 0 Å². The highest BCUT2D eigenvalue weighted by Crippen LogP contribution is 2.58. The van der Waals surface area contributed by atoms with E-state index in [0.29, 0.717) is 18.6 Å². The predicted molar refractivity (Wildman–Crippen MR) is 169 cm³/mol. The molecule has 2 bridgehead atoms. The average Bonchev–Trinajstić information content (AvgIpc) is 3.11. The van der Waals surface area contributed by atoms with Gasteiger partial charge in [0.15, 0.2) is 23.4 Å². The molecule has 0 aromatic heterocycles. The van der Waals surface area contributed by atoms with Crippen LogP contribution in [0.15, 0.2) is 60.2 Å². The molecular weight excluding hydrogens is 708 g/mol. The molecule has 4 aliphatic rings. The van der Waals surface area contributed by atoms with Gasteiger partial charge in [-0.3, -0.25) is 9.59 Å². The molecule has 3 aliphatic heterocycles. The summed E-state index contributed by atoms with van der Waals surface area (Å²) in [5.41, 5.74) is -1.94. The number of ketones is 2. The van der Waals surface area contributed by atoms with Gasteiger partial charge in [-0.05, 0) is 24.1 Å². The van der Waals surface area contributed by atoms with Crippen LogP contribution in [0.5, 0.6) is 34.5 Å². The summed E-state index contributed by atoms with van der Waals surface area (Å²) in [6.45, 7) is -0.922. The molecule has 7 rings (SSSR count). The smallest absolute Gasteiger partial charge is 0.339 e. The molecule has 1 saturated heterocycles. The Hall–Kier alpha value is -5.76. The second-order valence-corrected chi connectivity index (χ2v) is 12.8. The minimum Gasteiger partial charge on any atom is -0.507 e. The van der Waals surface area contributed by atoms with E-state index in [2.05, 4.69) is 0 Å². The highest BCUT2D eigenvalue weighted by Gasteiger charge is 2.70. The third-order valence-electron chi connectivity index (χ3n) is 9.45.